The van der Waals surface area contributed by atoms with Gasteiger partial charge in [-0.25, -0.2) is 4.79 Å². The van der Waals surface area contributed by atoms with Gasteiger partial charge in [-0.2, -0.15) is 26.3 Å². The van der Waals surface area contributed by atoms with Crippen molar-refractivity contribution in [1.29, 1.82) is 0 Å². The van der Waals surface area contributed by atoms with Crippen LogP contribution in [0.15, 0.2) is 11.6 Å². The monoisotopic (exact) mass is 334 g/mol. The zero-order valence-electron chi connectivity index (χ0n) is 11.9. The third-order valence-corrected chi connectivity index (χ3v) is 3.45. The Kier molecular flexibility index (Phi) is 5.21. The van der Waals surface area contributed by atoms with Gasteiger partial charge in [-0.1, -0.05) is 13.0 Å². The molecule has 0 aromatic heterocycles. The lowest BCUT2D eigenvalue weighted by Gasteiger charge is -2.34. The summed E-state index contributed by atoms with van der Waals surface area (Å²) in [5.74, 6) is -0.858. The predicted octanol–water partition coefficient (Wildman–Crippen LogP) is 3.52. The molecule has 0 aromatic rings. The van der Waals surface area contributed by atoms with E-state index in [1.54, 1.807) is 6.08 Å². The highest BCUT2D eigenvalue weighted by molar-refractivity contribution is 5.89. The molecule has 22 heavy (non-hydrogen) atoms. The summed E-state index contributed by atoms with van der Waals surface area (Å²) in [5.41, 5.74) is -4.70. The molecule has 2 atom stereocenters. The van der Waals surface area contributed by atoms with Crippen molar-refractivity contribution in [2.75, 3.05) is 0 Å². The maximum Gasteiger partial charge on any atom is 0.426 e. The third kappa shape index (κ3) is 3.93. The van der Waals surface area contributed by atoms with E-state index in [0.717, 1.165) is 6.92 Å². The van der Waals surface area contributed by atoms with Gasteiger partial charge in [0.05, 0.1) is 0 Å². The minimum absolute atomic E-state index is 0.0974. The Balaban J connectivity index is 2.79. The van der Waals surface area contributed by atoms with Gasteiger partial charge < -0.3 is 9.84 Å². The van der Waals surface area contributed by atoms with E-state index in [1.165, 1.54) is 0 Å². The number of ether oxygens (including phenoxy) is 1. The summed E-state index contributed by atoms with van der Waals surface area (Å²) >= 11 is 0. The van der Waals surface area contributed by atoms with Crippen molar-refractivity contribution in [2.24, 2.45) is 5.92 Å². The second-order valence-corrected chi connectivity index (χ2v) is 5.48. The number of esters is 1. The molecule has 0 saturated carbocycles. The maximum atomic E-state index is 12.5. The van der Waals surface area contributed by atoms with Crippen LogP contribution in [0.2, 0.25) is 0 Å². The average Bonchev–Trinajstić information content (AvgIpc) is 2.72. The minimum atomic E-state index is -5.92. The Hall–Kier alpha value is -1.25. The lowest BCUT2D eigenvalue weighted by atomic mass is 9.95. The van der Waals surface area contributed by atoms with Crippen molar-refractivity contribution >= 4 is 5.97 Å². The standard InChI is InChI=1S/C13H16F6O3/c1-7-3-4-9(5-7)10(20)22-8(2)6-11(21,12(14,15)16)13(17,18)19/h5,7-8,21H,3-4,6H2,1-2H3. The molecule has 0 radical (unpaired) electrons. The largest absolute Gasteiger partial charge is 0.459 e. The molecule has 0 saturated heterocycles. The van der Waals surface area contributed by atoms with Crippen LogP contribution in [0.3, 0.4) is 0 Å². The van der Waals surface area contributed by atoms with Crippen LogP contribution in [0.5, 0.6) is 0 Å². The zero-order chi connectivity index (χ0) is 17.3. The molecule has 0 amide bonds. The van der Waals surface area contributed by atoms with Gasteiger partial charge in [0.25, 0.3) is 5.60 Å². The fourth-order valence-corrected chi connectivity index (χ4v) is 2.17. The molecule has 9 heteroatoms. The molecule has 1 N–H and O–H groups in total. The van der Waals surface area contributed by atoms with Crippen LogP contribution in [0.1, 0.15) is 33.1 Å². The smallest absolute Gasteiger partial charge is 0.426 e. The number of carbonyl (C=O) groups excluding carboxylic acids is 1. The van der Waals surface area contributed by atoms with E-state index >= 15 is 0 Å². The normalized spacial score (nSPS) is 21.5. The first-order valence-electron chi connectivity index (χ1n) is 6.55. The number of allylic oxidation sites excluding steroid dienone is 1. The predicted molar refractivity (Wildman–Crippen MR) is 63.7 cm³/mol. The van der Waals surface area contributed by atoms with Crippen LogP contribution in [0.4, 0.5) is 26.3 Å². The first kappa shape index (κ1) is 18.8. The van der Waals surface area contributed by atoms with Crippen molar-refractivity contribution in [3.05, 3.63) is 11.6 Å². The quantitative estimate of drug-likeness (QED) is 0.632. The van der Waals surface area contributed by atoms with Gasteiger partial charge in [0.15, 0.2) is 0 Å². The highest BCUT2D eigenvalue weighted by atomic mass is 19.4. The molecule has 1 rings (SSSR count). The first-order valence-corrected chi connectivity index (χ1v) is 6.55. The van der Waals surface area contributed by atoms with E-state index in [-0.39, 0.29) is 11.5 Å². The van der Waals surface area contributed by atoms with Crippen molar-refractivity contribution in [1.82, 2.24) is 0 Å². The zero-order valence-corrected chi connectivity index (χ0v) is 11.9. The number of alkyl halides is 6. The van der Waals surface area contributed by atoms with Gasteiger partial charge in [0.1, 0.15) is 6.10 Å². The van der Waals surface area contributed by atoms with Gasteiger partial charge in [0.2, 0.25) is 0 Å². The summed E-state index contributed by atoms with van der Waals surface area (Å²) in [6, 6.07) is 0. The number of carbonyl (C=O) groups is 1. The van der Waals surface area contributed by atoms with E-state index in [9.17, 15) is 31.1 Å². The lowest BCUT2D eigenvalue weighted by molar-refractivity contribution is -0.373. The van der Waals surface area contributed by atoms with Crippen LogP contribution < -0.4 is 0 Å². The van der Waals surface area contributed by atoms with Crippen LogP contribution in [0.25, 0.3) is 0 Å². The van der Waals surface area contributed by atoms with Crippen molar-refractivity contribution < 1.29 is 41.0 Å². The number of hydrogen-bond acceptors (Lipinski definition) is 3. The van der Waals surface area contributed by atoms with Gasteiger partial charge in [-0.05, 0) is 25.7 Å². The van der Waals surface area contributed by atoms with Gasteiger partial charge in [0, 0.05) is 12.0 Å². The van der Waals surface area contributed by atoms with Gasteiger partial charge >= 0.3 is 18.3 Å². The molecule has 1 aliphatic rings. The van der Waals surface area contributed by atoms with Crippen molar-refractivity contribution in [3.8, 4) is 0 Å². The molecule has 0 fully saturated rings. The SMILES string of the molecule is CC1C=C(C(=O)OC(C)CC(O)(C(F)(F)F)C(F)(F)F)CC1. The summed E-state index contributed by atoms with van der Waals surface area (Å²) in [6.45, 7) is 2.69. The summed E-state index contributed by atoms with van der Waals surface area (Å²) in [4.78, 5) is 11.7. The van der Waals surface area contributed by atoms with E-state index in [4.69, 9.17) is 5.11 Å². The maximum absolute atomic E-state index is 12.5. The fraction of sp³-hybridized carbons (Fsp3) is 0.769. The summed E-state index contributed by atoms with van der Waals surface area (Å²) in [5, 5.41) is 9.02. The molecule has 0 aromatic carbocycles. The summed E-state index contributed by atoms with van der Waals surface area (Å²) in [6.07, 6.45) is -12.8. The van der Waals surface area contributed by atoms with Crippen LogP contribution in [-0.4, -0.2) is 35.1 Å². The summed E-state index contributed by atoms with van der Waals surface area (Å²) < 4.78 is 79.8. The van der Waals surface area contributed by atoms with E-state index in [0.29, 0.717) is 12.8 Å². The van der Waals surface area contributed by atoms with Crippen LogP contribution in [-0.2, 0) is 9.53 Å². The van der Waals surface area contributed by atoms with E-state index in [1.807, 2.05) is 6.92 Å². The Labute approximate surface area is 122 Å². The van der Waals surface area contributed by atoms with Gasteiger partial charge in [-0.15, -0.1) is 0 Å². The fourth-order valence-electron chi connectivity index (χ4n) is 2.17. The molecular formula is C13H16F6O3. The average molecular weight is 334 g/mol. The Morgan fingerprint density at radius 2 is 1.82 bits per heavy atom. The number of aliphatic hydroxyl groups is 1. The topological polar surface area (TPSA) is 46.5 Å². The molecule has 0 heterocycles. The highest BCUT2D eigenvalue weighted by Crippen LogP contribution is 2.46. The second kappa shape index (κ2) is 6.10. The molecule has 0 spiro atoms. The first-order chi connectivity index (χ1) is 9.78. The Morgan fingerprint density at radius 3 is 2.18 bits per heavy atom. The van der Waals surface area contributed by atoms with Crippen LogP contribution in [0, 0.1) is 5.92 Å². The number of halogens is 6. The Bertz CT molecular complexity index is 438. The molecule has 2 unspecified atom stereocenters. The number of hydrogen-bond donors (Lipinski definition) is 1. The van der Waals surface area contributed by atoms with Gasteiger partial charge in [-0.3, -0.25) is 0 Å². The van der Waals surface area contributed by atoms with E-state index in [2.05, 4.69) is 4.74 Å². The Morgan fingerprint density at radius 1 is 1.32 bits per heavy atom. The molecule has 3 nitrogen and oxygen atoms in total. The summed E-state index contributed by atoms with van der Waals surface area (Å²) in [7, 11) is 0. The third-order valence-electron chi connectivity index (χ3n) is 3.45. The lowest BCUT2D eigenvalue weighted by Crippen LogP contribution is -2.58. The van der Waals surface area contributed by atoms with Crippen molar-refractivity contribution in [2.45, 2.75) is 57.2 Å². The number of rotatable bonds is 4. The molecule has 128 valence electrons. The van der Waals surface area contributed by atoms with Crippen LogP contribution >= 0.6 is 0 Å². The van der Waals surface area contributed by atoms with E-state index < -0.39 is 36.4 Å². The molecule has 0 aliphatic heterocycles. The highest BCUT2D eigenvalue weighted by Gasteiger charge is 2.70. The van der Waals surface area contributed by atoms with Crippen molar-refractivity contribution in [3.63, 3.8) is 0 Å². The minimum Gasteiger partial charge on any atom is -0.459 e. The second-order valence-electron chi connectivity index (χ2n) is 5.48. The molecular weight excluding hydrogens is 318 g/mol. The molecule has 1 aliphatic carbocycles. The molecule has 0 bridgehead atoms.